The lowest BCUT2D eigenvalue weighted by molar-refractivity contribution is -0.123. The molecule has 1 aromatic rings. The molecule has 1 aromatic heterocycles. The SMILES string of the molecule is Cc1ncsc1CN1CCCC(CNC(=O)C2CCCN2)C1.Cl. The molecule has 2 saturated heterocycles. The number of likely N-dealkylation sites (tertiary alicyclic amines) is 1. The predicted octanol–water partition coefficient (Wildman–Crippen LogP) is 1.95. The van der Waals surface area contributed by atoms with Crippen LogP contribution in [0.4, 0.5) is 0 Å². The van der Waals surface area contributed by atoms with Crippen molar-refractivity contribution in [2.45, 2.75) is 45.2 Å². The smallest absolute Gasteiger partial charge is 0.237 e. The molecular formula is C16H27ClN4OS. The Morgan fingerprint density at radius 2 is 2.35 bits per heavy atom. The van der Waals surface area contributed by atoms with Gasteiger partial charge in [-0.2, -0.15) is 0 Å². The first-order valence-corrected chi connectivity index (χ1v) is 9.23. The molecule has 23 heavy (non-hydrogen) atoms. The van der Waals surface area contributed by atoms with Gasteiger partial charge < -0.3 is 10.6 Å². The third-order valence-corrected chi connectivity index (χ3v) is 5.68. The molecule has 3 rings (SSSR count). The monoisotopic (exact) mass is 358 g/mol. The molecule has 2 fully saturated rings. The Kier molecular flexibility index (Phi) is 7.27. The molecule has 0 saturated carbocycles. The standard InChI is InChI=1S/C16H26N4OS.ClH/c1-12-15(22-11-19-12)10-20-7-3-4-13(9-20)8-18-16(21)14-5-2-6-17-14;/h11,13-14,17H,2-10H2,1H3,(H,18,21);1H. The lowest BCUT2D eigenvalue weighted by atomic mass is 9.97. The zero-order valence-corrected chi connectivity index (χ0v) is 15.3. The van der Waals surface area contributed by atoms with Gasteiger partial charge >= 0.3 is 0 Å². The van der Waals surface area contributed by atoms with Crippen molar-refractivity contribution in [2.75, 3.05) is 26.2 Å². The normalized spacial score (nSPS) is 25.1. The number of nitrogens with one attached hydrogen (secondary N) is 2. The van der Waals surface area contributed by atoms with Crippen molar-refractivity contribution in [3.63, 3.8) is 0 Å². The van der Waals surface area contributed by atoms with Crippen LogP contribution >= 0.6 is 23.7 Å². The summed E-state index contributed by atoms with van der Waals surface area (Å²) in [5.74, 6) is 0.764. The Morgan fingerprint density at radius 1 is 1.48 bits per heavy atom. The van der Waals surface area contributed by atoms with Crippen LogP contribution in [0.15, 0.2) is 5.51 Å². The molecule has 0 aliphatic carbocycles. The quantitative estimate of drug-likeness (QED) is 0.844. The minimum absolute atomic E-state index is 0. The van der Waals surface area contributed by atoms with Gasteiger partial charge in [0.2, 0.25) is 5.91 Å². The second-order valence-corrected chi connectivity index (χ2v) is 7.44. The van der Waals surface area contributed by atoms with Gasteiger partial charge in [-0.15, -0.1) is 23.7 Å². The van der Waals surface area contributed by atoms with Crippen LogP contribution in [0.3, 0.4) is 0 Å². The second-order valence-electron chi connectivity index (χ2n) is 6.50. The Morgan fingerprint density at radius 3 is 3.04 bits per heavy atom. The summed E-state index contributed by atoms with van der Waals surface area (Å²) < 4.78 is 0. The van der Waals surface area contributed by atoms with Gasteiger partial charge in [-0.25, -0.2) is 4.98 Å². The average Bonchev–Trinajstić information content (AvgIpc) is 3.18. The molecule has 2 aliphatic heterocycles. The number of hydrogen-bond acceptors (Lipinski definition) is 5. The van der Waals surface area contributed by atoms with Gasteiger partial charge in [-0.1, -0.05) is 0 Å². The highest BCUT2D eigenvalue weighted by Crippen LogP contribution is 2.21. The number of amides is 1. The van der Waals surface area contributed by atoms with E-state index < -0.39 is 0 Å². The van der Waals surface area contributed by atoms with E-state index in [-0.39, 0.29) is 24.4 Å². The minimum atomic E-state index is 0. The van der Waals surface area contributed by atoms with Crippen LogP contribution in [-0.4, -0.2) is 48.0 Å². The molecule has 7 heteroatoms. The zero-order valence-electron chi connectivity index (χ0n) is 13.7. The third-order valence-electron chi connectivity index (χ3n) is 4.76. The molecule has 5 nitrogen and oxygen atoms in total. The van der Waals surface area contributed by atoms with Crippen molar-refractivity contribution in [2.24, 2.45) is 5.92 Å². The van der Waals surface area contributed by atoms with E-state index in [1.54, 1.807) is 11.3 Å². The van der Waals surface area contributed by atoms with E-state index in [2.05, 4.69) is 27.4 Å². The summed E-state index contributed by atoms with van der Waals surface area (Å²) in [6.07, 6.45) is 4.54. The van der Waals surface area contributed by atoms with Gasteiger partial charge in [-0.05, 0) is 51.6 Å². The summed E-state index contributed by atoms with van der Waals surface area (Å²) in [4.78, 5) is 20.3. The number of nitrogens with zero attached hydrogens (tertiary/aromatic N) is 2. The fourth-order valence-corrected chi connectivity index (χ4v) is 4.24. The average molecular weight is 359 g/mol. The molecule has 0 aromatic carbocycles. The number of hydrogen-bond donors (Lipinski definition) is 2. The number of piperidine rings is 1. The summed E-state index contributed by atoms with van der Waals surface area (Å²) in [6, 6.07) is 0.0412. The molecule has 0 radical (unpaired) electrons. The molecule has 2 aliphatic rings. The Balaban J connectivity index is 0.00000192. The Bertz CT molecular complexity index is 504. The number of aryl methyl sites for hydroxylation is 1. The fraction of sp³-hybridized carbons (Fsp3) is 0.750. The maximum absolute atomic E-state index is 12.1. The van der Waals surface area contributed by atoms with Gasteiger partial charge in [0.15, 0.2) is 0 Å². The number of carbonyl (C=O) groups is 1. The second kappa shape index (κ2) is 8.97. The number of aromatic nitrogens is 1. The van der Waals surface area contributed by atoms with E-state index in [4.69, 9.17) is 0 Å². The Hall–Kier alpha value is -0.690. The largest absolute Gasteiger partial charge is 0.354 e. The highest BCUT2D eigenvalue weighted by Gasteiger charge is 2.25. The number of halogens is 1. The van der Waals surface area contributed by atoms with Crippen molar-refractivity contribution in [3.8, 4) is 0 Å². The van der Waals surface area contributed by atoms with Gasteiger partial charge in [0, 0.05) is 24.5 Å². The molecule has 130 valence electrons. The molecule has 2 N–H and O–H groups in total. The van der Waals surface area contributed by atoms with Gasteiger partial charge in [-0.3, -0.25) is 9.69 Å². The highest BCUT2D eigenvalue weighted by atomic mass is 35.5. The van der Waals surface area contributed by atoms with Crippen LogP contribution in [0.25, 0.3) is 0 Å². The first-order chi connectivity index (χ1) is 10.7. The van der Waals surface area contributed by atoms with E-state index in [1.807, 2.05) is 5.51 Å². The maximum atomic E-state index is 12.1. The predicted molar refractivity (Wildman–Crippen MR) is 96.1 cm³/mol. The van der Waals surface area contributed by atoms with E-state index in [0.29, 0.717) is 5.92 Å². The van der Waals surface area contributed by atoms with Crippen LogP contribution in [0.2, 0.25) is 0 Å². The number of thiazole rings is 1. The van der Waals surface area contributed by atoms with Crippen molar-refractivity contribution >= 4 is 29.7 Å². The van der Waals surface area contributed by atoms with Crippen LogP contribution in [-0.2, 0) is 11.3 Å². The first-order valence-electron chi connectivity index (χ1n) is 8.35. The summed E-state index contributed by atoms with van der Waals surface area (Å²) in [5, 5.41) is 6.41. The molecule has 0 spiro atoms. The summed E-state index contributed by atoms with van der Waals surface area (Å²) >= 11 is 1.75. The van der Waals surface area contributed by atoms with Crippen molar-refractivity contribution < 1.29 is 4.79 Å². The van der Waals surface area contributed by atoms with Gasteiger partial charge in [0.25, 0.3) is 0 Å². The summed E-state index contributed by atoms with van der Waals surface area (Å²) in [7, 11) is 0. The highest BCUT2D eigenvalue weighted by molar-refractivity contribution is 7.09. The van der Waals surface area contributed by atoms with Crippen LogP contribution in [0.5, 0.6) is 0 Å². The molecule has 3 heterocycles. The molecular weight excluding hydrogens is 332 g/mol. The van der Waals surface area contributed by atoms with E-state index in [1.165, 1.54) is 17.7 Å². The van der Waals surface area contributed by atoms with Crippen molar-refractivity contribution in [1.82, 2.24) is 20.5 Å². The molecule has 2 atom stereocenters. The molecule has 1 amide bonds. The molecule has 0 bridgehead atoms. The molecule has 2 unspecified atom stereocenters. The van der Waals surface area contributed by atoms with Crippen molar-refractivity contribution in [3.05, 3.63) is 16.1 Å². The van der Waals surface area contributed by atoms with Gasteiger partial charge in [0.05, 0.1) is 17.2 Å². The van der Waals surface area contributed by atoms with E-state index >= 15 is 0 Å². The zero-order chi connectivity index (χ0) is 15.4. The lowest BCUT2D eigenvalue weighted by Crippen LogP contribution is -2.45. The lowest BCUT2D eigenvalue weighted by Gasteiger charge is -2.32. The van der Waals surface area contributed by atoms with E-state index in [0.717, 1.165) is 51.3 Å². The summed E-state index contributed by atoms with van der Waals surface area (Å²) in [5.41, 5.74) is 3.09. The Labute approximate surface area is 148 Å². The van der Waals surface area contributed by atoms with Crippen LogP contribution < -0.4 is 10.6 Å². The third kappa shape index (κ3) is 5.14. The van der Waals surface area contributed by atoms with Crippen LogP contribution in [0, 0.1) is 12.8 Å². The number of rotatable bonds is 5. The number of carbonyl (C=O) groups excluding carboxylic acids is 1. The van der Waals surface area contributed by atoms with E-state index in [9.17, 15) is 4.79 Å². The van der Waals surface area contributed by atoms with Crippen LogP contribution in [0.1, 0.15) is 36.3 Å². The summed E-state index contributed by atoms with van der Waals surface area (Å²) in [6.45, 7) is 7.12. The van der Waals surface area contributed by atoms with Gasteiger partial charge in [0.1, 0.15) is 0 Å². The topological polar surface area (TPSA) is 57.3 Å². The first kappa shape index (κ1) is 18.6. The fourth-order valence-electron chi connectivity index (χ4n) is 3.42. The maximum Gasteiger partial charge on any atom is 0.237 e. The minimum Gasteiger partial charge on any atom is -0.354 e. The van der Waals surface area contributed by atoms with Crippen molar-refractivity contribution in [1.29, 1.82) is 0 Å².